The summed E-state index contributed by atoms with van der Waals surface area (Å²) in [5.74, 6) is -2.93. The molecule has 5 N–H and O–H groups in total. The summed E-state index contributed by atoms with van der Waals surface area (Å²) in [6.07, 6.45) is 15.5. The SMILES string of the molecule is Cl.Cl.N[C@H]1CCc2c(C(=O)Nc3ccc(F)c(Cl)c3)ccc(F)c21.O=C(N[C@H]1CCc2c(C(=O)Nc3ccc(F)c(Cl)c3)ccc(F)c21)OCCn1ccnc1.O=C(OCCn1ccnc1)n1ccnc1. The summed E-state index contributed by atoms with van der Waals surface area (Å²) in [4.78, 5) is 60.2. The van der Waals surface area contributed by atoms with Gasteiger partial charge in [-0.25, -0.2) is 46.7 Å². The molecule has 374 valence electrons. The van der Waals surface area contributed by atoms with Gasteiger partial charge in [0.25, 0.3) is 11.8 Å². The largest absolute Gasteiger partial charge is 0.448 e. The van der Waals surface area contributed by atoms with Crippen molar-refractivity contribution >= 4 is 83.4 Å². The number of amides is 3. The van der Waals surface area contributed by atoms with Crippen LogP contribution in [0.25, 0.3) is 0 Å². The van der Waals surface area contributed by atoms with Crippen molar-refractivity contribution in [2.24, 2.45) is 5.73 Å². The Hall–Kier alpha value is -6.97. The lowest BCUT2D eigenvalue weighted by molar-refractivity contribution is 0.101. The Morgan fingerprint density at radius 3 is 1.62 bits per heavy atom. The highest BCUT2D eigenvalue weighted by Crippen LogP contribution is 2.37. The van der Waals surface area contributed by atoms with Gasteiger partial charge in [0.15, 0.2) is 0 Å². The molecule has 4 aromatic carbocycles. The number of aromatic nitrogens is 6. The molecule has 2 atom stereocenters. The Balaban J connectivity index is 0.000000209. The van der Waals surface area contributed by atoms with E-state index in [-0.39, 0.29) is 64.5 Å². The van der Waals surface area contributed by atoms with E-state index < -0.39 is 47.5 Å². The molecule has 0 fully saturated rings. The van der Waals surface area contributed by atoms with E-state index in [1.54, 1.807) is 42.0 Å². The third kappa shape index (κ3) is 14.3. The number of benzene rings is 4. The van der Waals surface area contributed by atoms with Gasteiger partial charge in [0.05, 0.1) is 41.8 Å². The van der Waals surface area contributed by atoms with Crippen LogP contribution in [0.5, 0.6) is 0 Å². The highest BCUT2D eigenvalue weighted by molar-refractivity contribution is 6.31. The molecule has 3 heterocycles. The minimum Gasteiger partial charge on any atom is -0.448 e. The lowest BCUT2D eigenvalue weighted by atomic mass is 10.0. The molecule has 0 aliphatic heterocycles. The zero-order valence-electron chi connectivity index (χ0n) is 37.1. The van der Waals surface area contributed by atoms with Gasteiger partial charge in [-0.3, -0.25) is 9.59 Å². The Labute approximate surface area is 425 Å². The first-order valence-corrected chi connectivity index (χ1v) is 21.9. The van der Waals surface area contributed by atoms with Gasteiger partial charge in [-0.05, 0) is 97.5 Å². The number of anilines is 2. The molecule has 71 heavy (non-hydrogen) atoms. The number of nitrogens with one attached hydrogen (secondary N) is 3. The van der Waals surface area contributed by atoms with Crippen LogP contribution in [0.2, 0.25) is 10.0 Å². The number of hydrogen-bond donors (Lipinski definition) is 4. The number of nitrogens with two attached hydrogens (primary N) is 1. The molecule has 3 amide bonds. The lowest BCUT2D eigenvalue weighted by Gasteiger charge is -2.16. The van der Waals surface area contributed by atoms with E-state index >= 15 is 0 Å². The van der Waals surface area contributed by atoms with Crippen LogP contribution in [0, 0.1) is 23.3 Å². The van der Waals surface area contributed by atoms with E-state index in [2.05, 4.69) is 30.9 Å². The van der Waals surface area contributed by atoms with E-state index in [1.165, 1.54) is 71.7 Å². The molecule has 16 nitrogen and oxygen atoms in total. The summed E-state index contributed by atoms with van der Waals surface area (Å²) >= 11 is 11.4. The van der Waals surface area contributed by atoms with Gasteiger partial charge in [-0.15, -0.1) is 24.8 Å². The van der Waals surface area contributed by atoms with Crippen LogP contribution in [0.15, 0.2) is 117 Å². The van der Waals surface area contributed by atoms with E-state index in [4.69, 9.17) is 38.4 Å². The third-order valence-corrected chi connectivity index (χ3v) is 11.4. The maximum atomic E-state index is 14.6. The van der Waals surface area contributed by atoms with Gasteiger partial charge in [-0.2, -0.15) is 0 Å². The average molecular weight is 1060 g/mol. The quantitative estimate of drug-likeness (QED) is 0.0904. The van der Waals surface area contributed by atoms with Crippen LogP contribution in [-0.2, 0) is 35.4 Å². The molecule has 2 aliphatic rings. The number of imidazole rings is 3. The van der Waals surface area contributed by atoms with Crippen molar-refractivity contribution in [1.82, 2.24) is 34.0 Å². The summed E-state index contributed by atoms with van der Waals surface area (Å²) in [6, 6.07) is 12.0. The van der Waals surface area contributed by atoms with Crippen molar-refractivity contribution in [3.8, 4) is 0 Å². The molecular weight excluding hydrogens is 1020 g/mol. The maximum Gasteiger partial charge on any atom is 0.419 e. The predicted octanol–water partition coefficient (Wildman–Crippen LogP) is 9.91. The number of alkyl carbamates (subject to hydrolysis) is 1. The molecule has 7 aromatic rings. The maximum absolute atomic E-state index is 14.6. The minimum atomic E-state index is -0.668. The van der Waals surface area contributed by atoms with Crippen LogP contribution in [0.4, 0.5) is 38.5 Å². The van der Waals surface area contributed by atoms with Crippen molar-refractivity contribution in [3.63, 3.8) is 0 Å². The molecule has 0 bridgehead atoms. The first-order chi connectivity index (χ1) is 33.2. The number of carbonyl (C=O) groups excluding carboxylic acids is 4. The monoisotopic (exact) mass is 1060 g/mol. The first kappa shape index (κ1) is 55.0. The fourth-order valence-electron chi connectivity index (χ4n) is 7.53. The average Bonchev–Trinajstić information content (AvgIpc) is 4.20. The zero-order valence-corrected chi connectivity index (χ0v) is 40.2. The molecule has 0 saturated carbocycles. The second-order valence-electron chi connectivity index (χ2n) is 15.3. The minimum absolute atomic E-state index is 0. The summed E-state index contributed by atoms with van der Waals surface area (Å²) < 4.78 is 70.0. The van der Waals surface area contributed by atoms with Crippen LogP contribution < -0.4 is 21.7 Å². The Morgan fingerprint density at radius 2 is 1.11 bits per heavy atom. The molecular formula is C47H44Cl4F4N10O6. The summed E-state index contributed by atoms with van der Waals surface area (Å²) in [7, 11) is 0. The lowest BCUT2D eigenvalue weighted by Crippen LogP contribution is -2.29. The number of fused-ring (bicyclic) bond motifs is 2. The van der Waals surface area contributed by atoms with Gasteiger partial charge in [-0.1, -0.05) is 23.2 Å². The van der Waals surface area contributed by atoms with Crippen LogP contribution in [0.1, 0.15) is 67.9 Å². The van der Waals surface area contributed by atoms with Gasteiger partial charge in [0.2, 0.25) is 0 Å². The fraction of sp³-hybridized carbons (Fsp3) is 0.213. The Bertz CT molecular complexity index is 2930. The fourth-order valence-corrected chi connectivity index (χ4v) is 7.89. The van der Waals surface area contributed by atoms with E-state index in [0.717, 1.165) is 6.07 Å². The second-order valence-corrected chi connectivity index (χ2v) is 16.2. The highest BCUT2D eigenvalue weighted by Gasteiger charge is 2.32. The molecule has 2 aliphatic carbocycles. The number of carbonyl (C=O) groups is 4. The van der Waals surface area contributed by atoms with Crippen LogP contribution in [-0.4, -0.2) is 65.9 Å². The van der Waals surface area contributed by atoms with Crippen molar-refractivity contribution < 1.29 is 46.2 Å². The summed E-state index contributed by atoms with van der Waals surface area (Å²) in [6.45, 7) is 1.49. The van der Waals surface area contributed by atoms with E-state index in [0.29, 0.717) is 79.0 Å². The Morgan fingerprint density at radius 1 is 0.634 bits per heavy atom. The topological polar surface area (TPSA) is 202 Å². The predicted molar refractivity (Wildman–Crippen MR) is 260 cm³/mol. The number of ether oxygens (including phenoxy) is 2. The second kappa shape index (κ2) is 25.8. The number of halogens is 8. The molecule has 0 unspecified atom stereocenters. The molecule has 24 heteroatoms. The normalized spacial score (nSPS) is 13.8. The Kier molecular flexibility index (Phi) is 19.9. The standard InChI is InChI=1S/C22H19ClF2N4O3.C16H13ClF2N2O.C9H10N4O2.2ClH/c23-16-11-13(1-4-17(16)24)27-21(30)15-2-5-18(25)20-14(15)3-6-19(20)28-22(31)32-10-9-29-8-7-26-12-29;17-11-7-8(1-4-12(11)18)21-16(22)10-2-5-13(19)15-9(10)3-6-14(15)20;14-9(13-4-2-11-8-13)15-6-5-12-3-1-10-7-12;;/h1-2,4-5,7-8,11-12,19H,3,6,9-10H2,(H,27,30)(H,28,31);1-2,4-5,7,14H,3,6,20H2,(H,21,22);1-4,7-8H,5-6H2;2*1H/t19-;14-;;;/m00.../s1. The van der Waals surface area contributed by atoms with Gasteiger partial charge >= 0.3 is 12.2 Å². The van der Waals surface area contributed by atoms with Gasteiger partial charge in [0.1, 0.15) is 42.8 Å². The third-order valence-electron chi connectivity index (χ3n) is 10.8. The number of hydrogen-bond acceptors (Lipinski definition) is 10. The number of rotatable bonds is 11. The van der Waals surface area contributed by atoms with Gasteiger partial charge in [0, 0.05) is 76.9 Å². The highest BCUT2D eigenvalue weighted by atomic mass is 35.5. The summed E-state index contributed by atoms with van der Waals surface area (Å²) in [5.41, 5.74) is 9.04. The molecule has 3 aromatic heterocycles. The van der Waals surface area contributed by atoms with Crippen molar-refractivity contribution in [1.29, 1.82) is 0 Å². The number of nitrogens with zero attached hydrogens (tertiary/aromatic N) is 6. The van der Waals surface area contributed by atoms with Crippen LogP contribution >= 0.6 is 48.0 Å². The molecule has 9 rings (SSSR count). The smallest absolute Gasteiger partial charge is 0.419 e. The molecule has 0 saturated heterocycles. The van der Waals surface area contributed by atoms with Crippen molar-refractivity contribution in [2.75, 3.05) is 23.8 Å². The van der Waals surface area contributed by atoms with Gasteiger partial charge < -0.3 is 40.3 Å². The van der Waals surface area contributed by atoms with Crippen molar-refractivity contribution in [3.05, 3.63) is 184 Å². The first-order valence-electron chi connectivity index (χ1n) is 21.2. The molecule has 0 radical (unpaired) electrons. The van der Waals surface area contributed by atoms with Crippen molar-refractivity contribution in [2.45, 2.75) is 50.9 Å². The zero-order chi connectivity index (χ0) is 49.0. The summed E-state index contributed by atoms with van der Waals surface area (Å²) in [5, 5.41) is 7.74. The van der Waals surface area contributed by atoms with E-state index in [9.17, 15) is 36.7 Å². The van der Waals surface area contributed by atoms with Crippen LogP contribution in [0.3, 0.4) is 0 Å². The van der Waals surface area contributed by atoms with E-state index in [1.807, 2.05) is 10.8 Å². The molecule has 0 spiro atoms.